The summed E-state index contributed by atoms with van der Waals surface area (Å²) >= 11 is 0. The molecule has 1 atom stereocenters. The highest BCUT2D eigenvalue weighted by molar-refractivity contribution is 5.58. The van der Waals surface area contributed by atoms with Crippen LogP contribution >= 0.6 is 0 Å². The molecular weight excluding hydrogens is 260 g/mol. The van der Waals surface area contributed by atoms with Crippen LogP contribution in [-0.2, 0) is 6.54 Å². The molecule has 1 N–H and O–H groups in total. The second-order valence-corrected chi connectivity index (χ2v) is 4.26. The maximum atomic E-state index is 10.7. The highest BCUT2D eigenvalue weighted by Gasteiger charge is 2.14. The van der Waals surface area contributed by atoms with Crippen molar-refractivity contribution in [2.45, 2.75) is 19.5 Å². The van der Waals surface area contributed by atoms with E-state index in [4.69, 9.17) is 5.26 Å². The first kappa shape index (κ1) is 13.5. The molecule has 20 heavy (non-hydrogen) atoms. The summed E-state index contributed by atoms with van der Waals surface area (Å²) in [5.74, 6) is 0. The van der Waals surface area contributed by atoms with E-state index in [1.54, 1.807) is 17.1 Å². The number of benzene rings is 1. The maximum Gasteiger partial charge on any atom is 0.287 e. The Morgan fingerprint density at radius 1 is 1.60 bits per heavy atom. The number of nitro benzene ring substituents is 1. The lowest BCUT2D eigenvalue weighted by Crippen LogP contribution is -2.22. The van der Waals surface area contributed by atoms with Gasteiger partial charge >= 0.3 is 0 Å². The van der Waals surface area contributed by atoms with E-state index in [0.29, 0.717) is 12.2 Å². The summed E-state index contributed by atoms with van der Waals surface area (Å²) in [5, 5.41) is 26.8. The number of anilines is 1. The van der Waals surface area contributed by atoms with Crippen molar-refractivity contribution in [3.63, 3.8) is 0 Å². The van der Waals surface area contributed by atoms with Crippen LogP contribution in [0.2, 0.25) is 0 Å². The van der Waals surface area contributed by atoms with Gasteiger partial charge in [-0.3, -0.25) is 14.8 Å². The van der Waals surface area contributed by atoms with Crippen molar-refractivity contribution in [1.29, 1.82) is 5.26 Å². The van der Waals surface area contributed by atoms with Gasteiger partial charge in [0.2, 0.25) is 0 Å². The fourth-order valence-electron chi connectivity index (χ4n) is 1.81. The fourth-order valence-corrected chi connectivity index (χ4v) is 1.81. The van der Waals surface area contributed by atoms with Crippen LogP contribution in [0.25, 0.3) is 0 Å². The lowest BCUT2D eigenvalue weighted by Gasteiger charge is -2.15. The molecule has 102 valence electrons. The number of nitrogens with one attached hydrogen (secondary N) is 1. The summed E-state index contributed by atoms with van der Waals surface area (Å²) in [6.45, 7) is 2.54. The van der Waals surface area contributed by atoms with Crippen LogP contribution < -0.4 is 5.32 Å². The minimum atomic E-state index is -0.568. The first-order chi connectivity index (χ1) is 9.60. The van der Waals surface area contributed by atoms with Crippen molar-refractivity contribution in [1.82, 2.24) is 14.8 Å². The van der Waals surface area contributed by atoms with Gasteiger partial charge in [0, 0.05) is 17.8 Å². The van der Waals surface area contributed by atoms with Crippen LogP contribution in [0, 0.1) is 21.4 Å². The van der Waals surface area contributed by atoms with Crippen LogP contribution in [0.1, 0.15) is 12.5 Å². The third kappa shape index (κ3) is 3.08. The Kier molecular flexibility index (Phi) is 3.91. The maximum absolute atomic E-state index is 10.7. The van der Waals surface area contributed by atoms with E-state index >= 15 is 0 Å². The molecule has 0 saturated carbocycles. The molecule has 2 aromatic rings. The Hall–Kier alpha value is -2.95. The van der Waals surface area contributed by atoms with Gasteiger partial charge in [0.15, 0.2) is 0 Å². The molecule has 0 radical (unpaired) electrons. The minimum absolute atomic E-state index is 0.0321. The van der Waals surface area contributed by atoms with Gasteiger partial charge in [-0.1, -0.05) is 0 Å². The van der Waals surface area contributed by atoms with Gasteiger partial charge in [0.25, 0.3) is 5.69 Å². The average Bonchev–Trinajstić information content (AvgIpc) is 2.90. The molecule has 8 nitrogen and oxygen atoms in total. The average molecular weight is 272 g/mol. The first-order valence-electron chi connectivity index (χ1n) is 5.87. The van der Waals surface area contributed by atoms with Crippen molar-refractivity contribution in [3.8, 4) is 6.07 Å². The van der Waals surface area contributed by atoms with E-state index < -0.39 is 4.92 Å². The molecule has 1 heterocycles. The molecule has 1 aromatic carbocycles. The van der Waals surface area contributed by atoms with E-state index in [1.165, 1.54) is 18.5 Å². The van der Waals surface area contributed by atoms with Crippen LogP contribution in [0.3, 0.4) is 0 Å². The van der Waals surface area contributed by atoms with Crippen LogP contribution in [0.15, 0.2) is 30.9 Å². The smallest absolute Gasteiger partial charge is 0.287 e. The first-order valence-corrected chi connectivity index (χ1v) is 5.87. The highest BCUT2D eigenvalue weighted by atomic mass is 16.6. The summed E-state index contributed by atoms with van der Waals surface area (Å²) < 4.78 is 1.67. The second-order valence-electron chi connectivity index (χ2n) is 4.26. The van der Waals surface area contributed by atoms with E-state index in [1.807, 2.05) is 13.0 Å². The Bertz CT molecular complexity index is 646. The van der Waals surface area contributed by atoms with Crippen molar-refractivity contribution < 1.29 is 4.92 Å². The van der Waals surface area contributed by atoms with E-state index in [2.05, 4.69) is 15.4 Å². The molecule has 2 rings (SSSR count). The number of nitro groups is 1. The number of hydrogen-bond donors (Lipinski definition) is 1. The molecule has 0 aliphatic heterocycles. The van der Waals surface area contributed by atoms with Gasteiger partial charge in [0.05, 0.1) is 11.5 Å². The summed E-state index contributed by atoms with van der Waals surface area (Å²) in [4.78, 5) is 14.0. The molecule has 1 aromatic heterocycles. The van der Waals surface area contributed by atoms with Crippen LogP contribution in [-0.4, -0.2) is 25.7 Å². The zero-order valence-electron chi connectivity index (χ0n) is 10.7. The monoisotopic (exact) mass is 272 g/mol. The summed E-state index contributed by atoms with van der Waals surface area (Å²) in [6, 6.07) is 6.23. The molecule has 0 aliphatic carbocycles. The summed E-state index contributed by atoms with van der Waals surface area (Å²) in [5.41, 5.74) is 0.495. The Balaban J connectivity index is 2.10. The van der Waals surface area contributed by atoms with Crippen molar-refractivity contribution in [2.24, 2.45) is 0 Å². The van der Waals surface area contributed by atoms with Gasteiger partial charge in [-0.05, 0) is 19.1 Å². The standard InChI is InChI=1S/C12H12N6O2/c1-9(6-17-8-14-7-15-17)16-11-2-3-12(18(19)20)10(4-11)5-13/h2-4,7-9,16H,6H2,1H3. The number of nitrogens with zero attached hydrogens (tertiary/aromatic N) is 5. The zero-order chi connectivity index (χ0) is 14.5. The third-order valence-electron chi connectivity index (χ3n) is 2.65. The molecule has 0 saturated heterocycles. The van der Waals surface area contributed by atoms with Crippen molar-refractivity contribution in [3.05, 3.63) is 46.5 Å². The Morgan fingerprint density at radius 3 is 3.00 bits per heavy atom. The fraction of sp³-hybridized carbons (Fsp3) is 0.250. The van der Waals surface area contributed by atoms with Crippen LogP contribution in [0.5, 0.6) is 0 Å². The van der Waals surface area contributed by atoms with Gasteiger partial charge in [0.1, 0.15) is 24.3 Å². The lowest BCUT2D eigenvalue weighted by molar-refractivity contribution is -0.385. The number of aromatic nitrogens is 3. The molecular formula is C12H12N6O2. The number of nitriles is 1. The minimum Gasteiger partial charge on any atom is -0.381 e. The van der Waals surface area contributed by atoms with Gasteiger partial charge < -0.3 is 5.32 Å². The summed E-state index contributed by atoms with van der Waals surface area (Å²) in [7, 11) is 0. The summed E-state index contributed by atoms with van der Waals surface area (Å²) in [6.07, 6.45) is 3.06. The quantitative estimate of drug-likeness (QED) is 0.653. The lowest BCUT2D eigenvalue weighted by atomic mass is 10.1. The predicted molar refractivity (Wildman–Crippen MR) is 70.9 cm³/mol. The number of rotatable bonds is 5. The van der Waals surface area contributed by atoms with E-state index in [0.717, 1.165) is 0 Å². The van der Waals surface area contributed by atoms with Crippen LogP contribution in [0.4, 0.5) is 11.4 Å². The van der Waals surface area contributed by atoms with Gasteiger partial charge in [-0.25, -0.2) is 4.98 Å². The van der Waals surface area contributed by atoms with E-state index in [9.17, 15) is 10.1 Å². The third-order valence-corrected chi connectivity index (χ3v) is 2.65. The molecule has 0 aliphatic rings. The molecule has 0 fully saturated rings. The van der Waals surface area contributed by atoms with Crippen molar-refractivity contribution in [2.75, 3.05) is 5.32 Å². The molecule has 0 amide bonds. The molecule has 0 spiro atoms. The normalized spacial score (nSPS) is 11.6. The topological polar surface area (TPSA) is 110 Å². The predicted octanol–water partition coefficient (Wildman–Crippen LogP) is 1.56. The Labute approximate surface area is 114 Å². The molecule has 1 unspecified atom stereocenters. The Morgan fingerprint density at radius 2 is 2.40 bits per heavy atom. The van der Waals surface area contributed by atoms with Crippen molar-refractivity contribution >= 4 is 11.4 Å². The zero-order valence-corrected chi connectivity index (χ0v) is 10.7. The molecule has 0 bridgehead atoms. The molecule has 8 heteroatoms. The number of hydrogen-bond acceptors (Lipinski definition) is 6. The van der Waals surface area contributed by atoms with E-state index in [-0.39, 0.29) is 17.3 Å². The largest absolute Gasteiger partial charge is 0.381 e. The van der Waals surface area contributed by atoms with Gasteiger partial charge in [-0.2, -0.15) is 10.4 Å². The highest BCUT2D eigenvalue weighted by Crippen LogP contribution is 2.22. The van der Waals surface area contributed by atoms with Gasteiger partial charge in [-0.15, -0.1) is 0 Å². The SMILES string of the molecule is CC(Cn1cncn1)Nc1ccc([N+](=O)[O-])c(C#N)c1. The second kappa shape index (κ2) is 5.79.